The van der Waals surface area contributed by atoms with E-state index in [4.69, 9.17) is 5.26 Å². The van der Waals surface area contributed by atoms with Gasteiger partial charge in [-0.05, 0) is 0 Å². The van der Waals surface area contributed by atoms with Gasteiger partial charge in [0.05, 0.1) is 12.5 Å². The summed E-state index contributed by atoms with van der Waals surface area (Å²) in [6, 6.07) is 2.97. The lowest BCUT2D eigenvalue weighted by atomic mass is 10.2. The van der Waals surface area contributed by atoms with Crippen molar-refractivity contribution in [3.05, 3.63) is 29.6 Å². The number of benzene rings is 1. The zero-order valence-corrected chi connectivity index (χ0v) is 7.15. The van der Waals surface area contributed by atoms with Crippen LogP contribution >= 0.6 is 0 Å². The van der Waals surface area contributed by atoms with Crippen molar-refractivity contribution in [1.82, 2.24) is 0 Å². The Bertz CT molecular complexity index is 348. The molecule has 0 saturated heterocycles. The van der Waals surface area contributed by atoms with Crippen molar-refractivity contribution < 1.29 is 13.2 Å². The summed E-state index contributed by atoms with van der Waals surface area (Å²) in [5, 5.41) is 10.6. The van der Waals surface area contributed by atoms with Crippen LogP contribution in [-0.4, -0.2) is 6.54 Å². The van der Waals surface area contributed by atoms with Crippen LogP contribution in [-0.2, 0) is 0 Å². The van der Waals surface area contributed by atoms with E-state index >= 15 is 0 Å². The van der Waals surface area contributed by atoms with Crippen molar-refractivity contribution >= 4 is 5.69 Å². The molecule has 1 aromatic carbocycles. The van der Waals surface area contributed by atoms with E-state index in [0.717, 1.165) is 0 Å². The molecule has 0 unspecified atom stereocenters. The summed E-state index contributed by atoms with van der Waals surface area (Å²) < 4.78 is 38.3. The molecule has 0 spiro atoms. The van der Waals surface area contributed by atoms with Crippen LogP contribution in [0.25, 0.3) is 0 Å². The normalized spacial score (nSPS) is 9.57. The fourth-order valence-corrected chi connectivity index (χ4v) is 0.954. The molecular formula is C9H7F3N2. The van der Waals surface area contributed by atoms with Crippen molar-refractivity contribution in [3.8, 4) is 6.07 Å². The summed E-state index contributed by atoms with van der Waals surface area (Å²) >= 11 is 0. The van der Waals surface area contributed by atoms with Gasteiger partial charge in [-0.2, -0.15) is 5.26 Å². The fraction of sp³-hybridized carbons (Fsp3) is 0.222. The summed E-state index contributed by atoms with van der Waals surface area (Å²) in [6.45, 7) is 0.121. The standard InChI is InChI=1S/C9H7F3N2/c10-6-4-7(11)9(8(12)5-6)14-3-1-2-13/h4-5,14H,1,3H2. The molecule has 1 aromatic rings. The highest BCUT2D eigenvalue weighted by Gasteiger charge is 2.10. The Kier molecular flexibility index (Phi) is 3.35. The van der Waals surface area contributed by atoms with Gasteiger partial charge in [0.1, 0.15) is 11.5 Å². The molecule has 0 fully saturated rings. The Balaban J connectivity index is 2.81. The minimum absolute atomic E-state index is 0.121. The molecule has 1 N–H and O–H groups in total. The lowest BCUT2D eigenvalue weighted by molar-refractivity contribution is 0.547. The van der Waals surface area contributed by atoms with Crippen molar-refractivity contribution in [2.45, 2.75) is 6.42 Å². The minimum Gasteiger partial charge on any atom is -0.379 e. The van der Waals surface area contributed by atoms with Crippen LogP contribution in [0.15, 0.2) is 12.1 Å². The number of rotatable bonds is 3. The van der Waals surface area contributed by atoms with Crippen LogP contribution in [0.5, 0.6) is 0 Å². The first kappa shape index (κ1) is 10.4. The van der Waals surface area contributed by atoms with Gasteiger partial charge in [0.15, 0.2) is 11.6 Å². The van der Waals surface area contributed by atoms with Gasteiger partial charge in [-0.15, -0.1) is 0 Å². The molecule has 0 aliphatic rings. The maximum atomic E-state index is 12.9. The molecule has 0 heterocycles. The van der Waals surface area contributed by atoms with Gasteiger partial charge in [0.2, 0.25) is 0 Å². The second-order valence-corrected chi connectivity index (χ2v) is 2.58. The summed E-state index contributed by atoms with van der Waals surface area (Å²) in [5.74, 6) is -2.97. The van der Waals surface area contributed by atoms with Crippen molar-refractivity contribution in [2.24, 2.45) is 0 Å². The summed E-state index contributed by atoms with van der Waals surface area (Å²) in [6.07, 6.45) is 0.121. The quantitative estimate of drug-likeness (QED) is 0.760. The molecule has 0 bridgehead atoms. The average Bonchev–Trinajstić information content (AvgIpc) is 2.09. The Morgan fingerprint density at radius 2 is 1.79 bits per heavy atom. The first-order chi connectivity index (χ1) is 6.65. The molecule has 0 atom stereocenters. The number of nitriles is 1. The molecule has 14 heavy (non-hydrogen) atoms. The maximum absolute atomic E-state index is 12.9. The summed E-state index contributed by atoms with van der Waals surface area (Å²) in [7, 11) is 0. The number of hydrogen-bond donors (Lipinski definition) is 1. The number of anilines is 1. The second kappa shape index (κ2) is 4.51. The zero-order chi connectivity index (χ0) is 10.6. The Hall–Kier alpha value is -1.70. The van der Waals surface area contributed by atoms with E-state index in [-0.39, 0.29) is 13.0 Å². The van der Waals surface area contributed by atoms with Gasteiger partial charge in [-0.3, -0.25) is 0 Å². The number of nitrogens with one attached hydrogen (secondary N) is 1. The van der Waals surface area contributed by atoms with Crippen LogP contribution in [0.3, 0.4) is 0 Å². The van der Waals surface area contributed by atoms with Crippen LogP contribution in [0.1, 0.15) is 6.42 Å². The van der Waals surface area contributed by atoms with Crippen molar-refractivity contribution in [3.63, 3.8) is 0 Å². The van der Waals surface area contributed by atoms with E-state index in [9.17, 15) is 13.2 Å². The van der Waals surface area contributed by atoms with E-state index in [0.29, 0.717) is 12.1 Å². The van der Waals surface area contributed by atoms with Gasteiger partial charge in [-0.1, -0.05) is 0 Å². The van der Waals surface area contributed by atoms with E-state index in [1.807, 2.05) is 0 Å². The van der Waals surface area contributed by atoms with Crippen LogP contribution in [0.4, 0.5) is 18.9 Å². The average molecular weight is 200 g/mol. The number of hydrogen-bond acceptors (Lipinski definition) is 2. The number of nitrogens with zero attached hydrogens (tertiary/aromatic N) is 1. The van der Waals surface area contributed by atoms with Crippen LogP contribution in [0.2, 0.25) is 0 Å². The van der Waals surface area contributed by atoms with Gasteiger partial charge in [-0.25, -0.2) is 13.2 Å². The third-order valence-electron chi connectivity index (χ3n) is 1.55. The summed E-state index contributed by atoms with van der Waals surface area (Å²) in [5.41, 5.74) is -0.401. The maximum Gasteiger partial charge on any atom is 0.152 e. The molecule has 74 valence electrons. The van der Waals surface area contributed by atoms with Gasteiger partial charge in [0.25, 0.3) is 0 Å². The third-order valence-corrected chi connectivity index (χ3v) is 1.55. The van der Waals surface area contributed by atoms with Gasteiger partial charge >= 0.3 is 0 Å². The Labute approximate surface area is 79.0 Å². The second-order valence-electron chi connectivity index (χ2n) is 2.58. The highest BCUT2D eigenvalue weighted by Crippen LogP contribution is 2.19. The molecule has 0 aliphatic heterocycles. The topological polar surface area (TPSA) is 35.8 Å². The van der Waals surface area contributed by atoms with Crippen molar-refractivity contribution in [1.29, 1.82) is 5.26 Å². The predicted octanol–water partition coefficient (Wildman–Crippen LogP) is 2.43. The SMILES string of the molecule is N#CCCNc1c(F)cc(F)cc1F. The first-order valence-electron chi connectivity index (χ1n) is 3.90. The van der Waals surface area contributed by atoms with Gasteiger partial charge in [0, 0.05) is 18.7 Å². The van der Waals surface area contributed by atoms with Gasteiger partial charge < -0.3 is 5.32 Å². The largest absolute Gasteiger partial charge is 0.379 e. The smallest absolute Gasteiger partial charge is 0.152 e. The molecule has 2 nitrogen and oxygen atoms in total. The summed E-state index contributed by atoms with van der Waals surface area (Å²) in [4.78, 5) is 0. The molecule has 5 heteroatoms. The van der Waals surface area contributed by atoms with E-state index in [1.165, 1.54) is 0 Å². The molecule has 0 amide bonds. The highest BCUT2D eigenvalue weighted by molar-refractivity contribution is 5.46. The zero-order valence-electron chi connectivity index (χ0n) is 7.15. The fourth-order valence-electron chi connectivity index (χ4n) is 0.954. The predicted molar refractivity (Wildman–Crippen MR) is 45.0 cm³/mol. The van der Waals surface area contributed by atoms with E-state index in [2.05, 4.69) is 5.32 Å². The molecule has 1 rings (SSSR count). The lowest BCUT2D eigenvalue weighted by Crippen LogP contribution is -2.05. The molecule has 0 saturated carbocycles. The van der Waals surface area contributed by atoms with Crippen molar-refractivity contribution in [2.75, 3.05) is 11.9 Å². The molecular weight excluding hydrogens is 193 g/mol. The van der Waals surface area contributed by atoms with Crippen LogP contribution < -0.4 is 5.32 Å². The Morgan fingerprint density at radius 1 is 1.21 bits per heavy atom. The Morgan fingerprint density at radius 3 is 2.29 bits per heavy atom. The van der Waals surface area contributed by atoms with Crippen LogP contribution in [0, 0.1) is 28.8 Å². The minimum atomic E-state index is -1.000. The van der Waals surface area contributed by atoms with E-state index < -0.39 is 23.1 Å². The molecule has 0 aromatic heterocycles. The van der Waals surface area contributed by atoms with E-state index in [1.54, 1.807) is 6.07 Å². The number of halogens is 3. The monoisotopic (exact) mass is 200 g/mol. The highest BCUT2D eigenvalue weighted by atomic mass is 19.1. The molecule has 0 radical (unpaired) electrons. The first-order valence-corrected chi connectivity index (χ1v) is 3.90. The lowest BCUT2D eigenvalue weighted by Gasteiger charge is -2.06. The molecule has 0 aliphatic carbocycles. The third kappa shape index (κ3) is 2.39.